The normalized spacial score (nSPS) is 22.3. The van der Waals surface area contributed by atoms with Crippen molar-refractivity contribution < 1.29 is 18.9 Å². The molecule has 182 valence electrons. The van der Waals surface area contributed by atoms with Crippen LogP contribution >= 0.6 is 0 Å². The minimum absolute atomic E-state index is 0.141. The average Bonchev–Trinajstić information content (AvgIpc) is 3.50. The summed E-state index contributed by atoms with van der Waals surface area (Å²) in [5.74, 6) is 7.71. The number of allylic oxidation sites excluding steroid dienone is 1. The molecule has 10 heteroatoms. The Hall–Kier alpha value is -4.41. The Morgan fingerprint density at radius 2 is 2.17 bits per heavy atom. The van der Waals surface area contributed by atoms with Crippen LogP contribution in [0.3, 0.4) is 0 Å². The summed E-state index contributed by atoms with van der Waals surface area (Å²) in [5.41, 5.74) is 2.41. The molecule has 10 nitrogen and oxygen atoms in total. The average molecular weight is 485 g/mol. The van der Waals surface area contributed by atoms with Crippen molar-refractivity contribution in [2.75, 3.05) is 19.0 Å². The molecule has 0 radical (unpaired) electrons. The smallest absolute Gasteiger partial charge is 0.265 e. The number of nitrogens with two attached hydrogens (primary N) is 1. The van der Waals surface area contributed by atoms with Crippen LogP contribution in [0, 0.1) is 0 Å². The highest BCUT2D eigenvalue weighted by atomic mass is 16.5. The minimum atomic E-state index is -0.351. The second kappa shape index (κ2) is 9.33. The highest BCUT2D eigenvalue weighted by Gasteiger charge is 2.48. The summed E-state index contributed by atoms with van der Waals surface area (Å²) in [6.45, 7) is 4.26. The number of aromatic nitrogens is 1. The summed E-state index contributed by atoms with van der Waals surface area (Å²) in [6, 6.07) is 10.2. The van der Waals surface area contributed by atoms with Gasteiger partial charge in [0.1, 0.15) is 23.5 Å². The number of carbonyl (C=O) groups excluding carboxylic acids is 2. The molecule has 1 aromatic carbocycles. The molecular formula is C26H26N7O3+. The molecule has 2 amide bonds. The number of carbonyl (C=O) groups is 2. The van der Waals surface area contributed by atoms with E-state index in [4.69, 9.17) is 15.6 Å². The number of nitrogens with one attached hydrogen (secondary N) is 1. The number of fused-ring (bicyclic) bond motifs is 1. The zero-order chi connectivity index (χ0) is 25.3. The van der Waals surface area contributed by atoms with E-state index in [1.165, 1.54) is 13.2 Å². The third-order valence-corrected chi connectivity index (χ3v) is 6.46. The van der Waals surface area contributed by atoms with Gasteiger partial charge in [0.15, 0.2) is 0 Å². The lowest BCUT2D eigenvalue weighted by atomic mass is 10.1. The van der Waals surface area contributed by atoms with Crippen molar-refractivity contribution in [2.45, 2.75) is 18.9 Å². The number of pyridine rings is 1. The Balaban J connectivity index is 1.52. The van der Waals surface area contributed by atoms with Gasteiger partial charge < -0.3 is 15.0 Å². The predicted octanol–water partition coefficient (Wildman–Crippen LogP) is 2.74. The topological polar surface area (TPSA) is 122 Å². The van der Waals surface area contributed by atoms with E-state index in [1.54, 1.807) is 66.1 Å². The van der Waals surface area contributed by atoms with Crippen LogP contribution in [-0.4, -0.2) is 58.0 Å². The molecule has 5 rings (SSSR count). The molecule has 2 atom stereocenters. The Kier molecular flexibility index (Phi) is 6.05. The SMILES string of the molecule is C=CC(=O)N1CCCC1C1=C2C=NC=C[N+]2(N)C(c2ccc(C(=O)Nc3ccccn3)c(OC)c2)=N1. The molecule has 2 aromatic rings. The number of amidine groups is 1. The first-order valence-corrected chi connectivity index (χ1v) is 11.5. The van der Waals surface area contributed by atoms with Gasteiger partial charge >= 0.3 is 0 Å². The van der Waals surface area contributed by atoms with Gasteiger partial charge in [-0.25, -0.2) is 4.98 Å². The summed E-state index contributed by atoms with van der Waals surface area (Å²) in [7, 11) is 1.50. The molecule has 0 bridgehead atoms. The van der Waals surface area contributed by atoms with Crippen molar-refractivity contribution in [3.05, 3.63) is 90.2 Å². The number of likely N-dealkylation sites (tertiary alicyclic amines) is 1. The van der Waals surface area contributed by atoms with Gasteiger partial charge in [-0.15, -0.1) is 4.59 Å². The highest BCUT2D eigenvalue weighted by Crippen LogP contribution is 2.37. The van der Waals surface area contributed by atoms with Crippen molar-refractivity contribution >= 4 is 29.7 Å². The maximum atomic E-state index is 12.9. The van der Waals surface area contributed by atoms with Gasteiger partial charge in [0.2, 0.25) is 11.6 Å². The number of nitrogens with zero attached hydrogens (tertiary/aromatic N) is 5. The van der Waals surface area contributed by atoms with E-state index in [-0.39, 0.29) is 22.4 Å². The van der Waals surface area contributed by atoms with Crippen LogP contribution in [-0.2, 0) is 4.79 Å². The van der Waals surface area contributed by atoms with E-state index < -0.39 is 0 Å². The second-order valence-corrected chi connectivity index (χ2v) is 8.54. The summed E-state index contributed by atoms with van der Waals surface area (Å²) in [5, 5.41) is 2.77. The number of ether oxygens (including phenoxy) is 1. The largest absolute Gasteiger partial charge is 0.496 e. The van der Waals surface area contributed by atoms with Crippen LogP contribution in [0.1, 0.15) is 28.8 Å². The van der Waals surface area contributed by atoms with Crippen molar-refractivity contribution in [2.24, 2.45) is 15.8 Å². The zero-order valence-electron chi connectivity index (χ0n) is 19.8. The van der Waals surface area contributed by atoms with Gasteiger partial charge in [0.25, 0.3) is 11.7 Å². The number of anilines is 1. The van der Waals surface area contributed by atoms with E-state index in [2.05, 4.69) is 21.9 Å². The molecule has 2 unspecified atom stereocenters. The number of benzene rings is 1. The Morgan fingerprint density at radius 1 is 1.31 bits per heavy atom. The number of quaternary nitrogens is 1. The Morgan fingerprint density at radius 3 is 2.92 bits per heavy atom. The van der Waals surface area contributed by atoms with Crippen LogP contribution in [0.25, 0.3) is 0 Å². The van der Waals surface area contributed by atoms with E-state index in [0.29, 0.717) is 46.5 Å². The number of rotatable bonds is 6. The summed E-state index contributed by atoms with van der Waals surface area (Å²) >= 11 is 0. The highest BCUT2D eigenvalue weighted by molar-refractivity contribution is 6.07. The third-order valence-electron chi connectivity index (χ3n) is 6.46. The van der Waals surface area contributed by atoms with Gasteiger partial charge in [-0.3, -0.25) is 14.6 Å². The van der Waals surface area contributed by atoms with Crippen LogP contribution in [0.4, 0.5) is 5.82 Å². The lowest BCUT2D eigenvalue weighted by Crippen LogP contribution is -2.53. The van der Waals surface area contributed by atoms with Crippen molar-refractivity contribution in [1.29, 1.82) is 0 Å². The van der Waals surface area contributed by atoms with Crippen LogP contribution < -0.4 is 15.9 Å². The molecule has 3 aliphatic rings. The minimum Gasteiger partial charge on any atom is -0.496 e. The van der Waals surface area contributed by atoms with E-state index >= 15 is 0 Å². The fourth-order valence-electron chi connectivity index (χ4n) is 4.72. The van der Waals surface area contributed by atoms with Gasteiger partial charge in [-0.1, -0.05) is 12.6 Å². The van der Waals surface area contributed by atoms with Gasteiger partial charge in [0, 0.05) is 12.7 Å². The number of aliphatic imine (C=N–C) groups is 2. The fourth-order valence-corrected chi connectivity index (χ4v) is 4.72. The Bertz CT molecular complexity index is 1360. The summed E-state index contributed by atoms with van der Waals surface area (Å²) < 4.78 is 5.36. The molecule has 1 fully saturated rings. The van der Waals surface area contributed by atoms with Gasteiger partial charge in [-0.05, 0) is 49.2 Å². The molecule has 1 aromatic heterocycles. The van der Waals surface area contributed by atoms with Crippen LogP contribution in [0.15, 0.2) is 89.0 Å². The number of amides is 2. The molecule has 0 spiro atoms. The van der Waals surface area contributed by atoms with Crippen molar-refractivity contribution in [3.8, 4) is 5.75 Å². The Labute approximate surface area is 208 Å². The van der Waals surface area contributed by atoms with E-state index in [1.807, 2.05) is 0 Å². The number of hydrogen-bond acceptors (Lipinski definition) is 7. The maximum Gasteiger partial charge on any atom is 0.265 e. The first-order valence-electron chi connectivity index (χ1n) is 11.5. The van der Waals surface area contributed by atoms with Gasteiger partial charge in [0.05, 0.1) is 36.7 Å². The molecule has 1 saturated heterocycles. The number of hydrogen-bond donors (Lipinski definition) is 2. The van der Waals surface area contributed by atoms with Gasteiger partial charge in [-0.2, -0.15) is 10.8 Å². The lowest BCUT2D eigenvalue weighted by molar-refractivity contribution is -0.750. The predicted molar refractivity (Wildman–Crippen MR) is 136 cm³/mol. The molecule has 3 aliphatic heterocycles. The summed E-state index contributed by atoms with van der Waals surface area (Å²) in [6.07, 6.45) is 9.60. The molecule has 3 N–H and O–H groups in total. The molecule has 0 aliphatic carbocycles. The molecular weight excluding hydrogens is 458 g/mol. The fraction of sp³-hybridized carbons (Fsp3) is 0.192. The van der Waals surface area contributed by atoms with E-state index in [0.717, 1.165) is 12.8 Å². The summed E-state index contributed by atoms with van der Waals surface area (Å²) in [4.78, 5) is 40.5. The monoisotopic (exact) mass is 484 g/mol. The molecule has 4 heterocycles. The van der Waals surface area contributed by atoms with Crippen LogP contribution in [0.5, 0.6) is 5.75 Å². The quantitative estimate of drug-likeness (QED) is 0.371. The lowest BCUT2D eigenvalue weighted by Gasteiger charge is -2.27. The first kappa shape index (κ1) is 23.3. The zero-order valence-corrected chi connectivity index (χ0v) is 19.8. The van der Waals surface area contributed by atoms with Crippen molar-refractivity contribution in [3.63, 3.8) is 0 Å². The van der Waals surface area contributed by atoms with Crippen LogP contribution in [0.2, 0.25) is 0 Å². The van der Waals surface area contributed by atoms with E-state index in [9.17, 15) is 9.59 Å². The van der Waals surface area contributed by atoms with Crippen molar-refractivity contribution in [1.82, 2.24) is 9.88 Å². The first-order chi connectivity index (χ1) is 17.5. The molecule has 36 heavy (non-hydrogen) atoms. The third kappa shape index (κ3) is 3.92. The number of methoxy groups -OCH3 is 1. The molecule has 0 saturated carbocycles. The maximum absolute atomic E-state index is 12.9. The standard InChI is InChI=1S/C26H25N7O3/c1-3-23(34)32-13-6-7-19(32)24-20-16-28-12-14-33(20,27)25(31-24)17-9-10-18(21(15-17)36-2)26(35)30-22-8-4-5-11-29-22/h3-5,8-12,14-16,19H,1,6-7,13,27H2,2H3/p+1. The second-order valence-electron chi connectivity index (χ2n) is 8.54.